The summed E-state index contributed by atoms with van der Waals surface area (Å²) in [7, 11) is 1.64. The summed E-state index contributed by atoms with van der Waals surface area (Å²) < 4.78 is 6.14. The lowest BCUT2D eigenvalue weighted by molar-refractivity contribution is -0.124. The van der Waals surface area contributed by atoms with Crippen molar-refractivity contribution in [2.75, 3.05) is 7.11 Å². The fourth-order valence-electron chi connectivity index (χ4n) is 2.90. The van der Waals surface area contributed by atoms with Gasteiger partial charge in [-0.2, -0.15) is 0 Å². The lowest BCUT2D eigenvalue weighted by atomic mass is 9.94. The number of ether oxygens (including phenoxy) is 1. The molecule has 0 heterocycles. The average molecular weight is 374 g/mol. The number of methoxy groups -OCH3 is 1. The third-order valence-electron chi connectivity index (χ3n) is 4.53. The van der Waals surface area contributed by atoms with Crippen molar-refractivity contribution in [2.24, 2.45) is 0 Å². The molecule has 0 aliphatic heterocycles. The van der Waals surface area contributed by atoms with Crippen LogP contribution in [0.15, 0.2) is 53.0 Å². The summed E-state index contributed by atoms with van der Waals surface area (Å²) in [6.45, 7) is 2.01. The molecule has 3 rings (SSSR count). The molecule has 2 aromatic rings. The number of halogens is 1. The van der Waals surface area contributed by atoms with Crippen LogP contribution in [0.2, 0.25) is 0 Å². The molecule has 1 N–H and O–H groups in total. The normalized spacial score (nSPS) is 16.5. The Bertz CT molecular complexity index is 711. The molecule has 0 saturated heterocycles. The zero-order valence-corrected chi connectivity index (χ0v) is 14.9. The van der Waals surface area contributed by atoms with Crippen LogP contribution in [0.5, 0.6) is 5.75 Å². The van der Waals surface area contributed by atoms with Gasteiger partial charge in [-0.1, -0.05) is 36.4 Å². The number of hydrogen-bond acceptors (Lipinski definition) is 2. The molecular weight excluding hydrogens is 354 g/mol. The monoisotopic (exact) mass is 373 g/mol. The number of benzene rings is 2. The molecule has 2 aromatic carbocycles. The lowest BCUT2D eigenvalue weighted by Crippen LogP contribution is -2.36. The zero-order chi connectivity index (χ0) is 16.4. The van der Waals surface area contributed by atoms with Crippen LogP contribution in [-0.2, 0) is 10.2 Å². The first-order valence-corrected chi connectivity index (χ1v) is 8.56. The minimum Gasteiger partial charge on any atom is -0.496 e. The van der Waals surface area contributed by atoms with E-state index in [4.69, 9.17) is 4.74 Å². The smallest absolute Gasteiger partial charge is 0.231 e. The Morgan fingerprint density at radius 1 is 1.22 bits per heavy atom. The third kappa shape index (κ3) is 3.13. The molecular formula is C19H20BrNO2. The first kappa shape index (κ1) is 16.1. The molecule has 23 heavy (non-hydrogen) atoms. The van der Waals surface area contributed by atoms with Crippen molar-refractivity contribution >= 4 is 21.8 Å². The van der Waals surface area contributed by atoms with E-state index >= 15 is 0 Å². The van der Waals surface area contributed by atoms with Crippen molar-refractivity contribution in [3.8, 4) is 5.75 Å². The van der Waals surface area contributed by atoms with Gasteiger partial charge in [-0.05, 0) is 59.0 Å². The van der Waals surface area contributed by atoms with E-state index in [9.17, 15) is 4.79 Å². The second-order valence-electron chi connectivity index (χ2n) is 6.04. The first-order chi connectivity index (χ1) is 11.1. The van der Waals surface area contributed by atoms with Gasteiger partial charge in [-0.15, -0.1) is 0 Å². The maximum absolute atomic E-state index is 12.8. The van der Waals surface area contributed by atoms with Gasteiger partial charge in [0.2, 0.25) is 5.91 Å². The van der Waals surface area contributed by atoms with Crippen LogP contribution in [0, 0.1) is 0 Å². The Balaban J connectivity index is 1.74. The van der Waals surface area contributed by atoms with Crippen molar-refractivity contribution in [3.63, 3.8) is 0 Å². The van der Waals surface area contributed by atoms with Gasteiger partial charge in [-0.3, -0.25) is 4.79 Å². The second-order valence-corrected chi connectivity index (χ2v) is 6.89. The number of hydrogen-bond donors (Lipinski definition) is 1. The molecule has 1 aliphatic rings. The van der Waals surface area contributed by atoms with Crippen molar-refractivity contribution in [3.05, 3.63) is 64.1 Å². The number of nitrogens with one attached hydrogen (secondary N) is 1. The molecule has 0 bridgehead atoms. The van der Waals surface area contributed by atoms with Gasteiger partial charge < -0.3 is 10.1 Å². The fraction of sp³-hybridized carbons (Fsp3) is 0.316. The number of carbonyl (C=O) groups is 1. The van der Waals surface area contributed by atoms with Gasteiger partial charge >= 0.3 is 0 Å². The number of rotatable bonds is 5. The summed E-state index contributed by atoms with van der Waals surface area (Å²) >= 11 is 3.49. The Morgan fingerprint density at radius 3 is 2.48 bits per heavy atom. The minimum absolute atomic E-state index is 0.0501. The standard InChI is InChI=1S/C19H20BrNO2/c1-13(14-8-9-17(23-2)16(20)12-14)21-18(22)19(10-11-19)15-6-4-3-5-7-15/h3-9,12-13H,10-11H2,1-2H3,(H,21,22). The van der Waals surface area contributed by atoms with Crippen LogP contribution in [0.25, 0.3) is 0 Å². The molecule has 1 amide bonds. The minimum atomic E-state index is -0.334. The summed E-state index contributed by atoms with van der Waals surface area (Å²) in [5.74, 6) is 0.901. The van der Waals surface area contributed by atoms with Crippen LogP contribution in [0.4, 0.5) is 0 Å². The Kier molecular flexibility index (Phi) is 4.44. The van der Waals surface area contributed by atoms with Gasteiger partial charge in [0.15, 0.2) is 0 Å². The van der Waals surface area contributed by atoms with Crippen molar-refractivity contribution in [2.45, 2.75) is 31.2 Å². The molecule has 1 saturated carbocycles. The van der Waals surface area contributed by atoms with E-state index < -0.39 is 0 Å². The highest BCUT2D eigenvalue weighted by Gasteiger charge is 2.51. The Morgan fingerprint density at radius 2 is 1.91 bits per heavy atom. The summed E-state index contributed by atoms with van der Waals surface area (Å²) in [6.07, 6.45) is 1.84. The molecule has 3 nitrogen and oxygen atoms in total. The quantitative estimate of drug-likeness (QED) is 0.844. The Hall–Kier alpha value is -1.81. The van der Waals surface area contributed by atoms with E-state index in [1.807, 2.05) is 55.5 Å². The summed E-state index contributed by atoms with van der Waals surface area (Å²) in [5, 5.41) is 3.16. The van der Waals surface area contributed by atoms with Crippen LogP contribution in [-0.4, -0.2) is 13.0 Å². The van der Waals surface area contributed by atoms with Crippen LogP contribution in [0.3, 0.4) is 0 Å². The van der Waals surface area contributed by atoms with E-state index in [1.54, 1.807) is 7.11 Å². The highest BCUT2D eigenvalue weighted by Crippen LogP contribution is 2.48. The lowest BCUT2D eigenvalue weighted by Gasteiger charge is -2.21. The number of carbonyl (C=O) groups excluding carboxylic acids is 1. The summed E-state index contributed by atoms with van der Waals surface area (Å²) in [5.41, 5.74) is 1.83. The fourth-order valence-corrected chi connectivity index (χ4v) is 3.46. The average Bonchev–Trinajstić information content (AvgIpc) is 3.37. The van der Waals surface area contributed by atoms with Gasteiger partial charge in [0.05, 0.1) is 23.0 Å². The van der Waals surface area contributed by atoms with Crippen molar-refractivity contribution < 1.29 is 9.53 Å². The van der Waals surface area contributed by atoms with Crippen LogP contribution < -0.4 is 10.1 Å². The highest BCUT2D eigenvalue weighted by atomic mass is 79.9. The largest absolute Gasteiger partial charge is 0.496 e. The molecule has 1 aliphatic carbocycles. The summed E-state index contributed by atoms with van der Waals surface area (Å²) in [6, 6.07) is 15.9. The maximum atomic E-state index is 12.8. The SMILES string of the molecule is COc1ccc(C(C)NC(=O)C2(c3ccccc3)CC2)cc1Br. The predicted molar refractivity (Wildman–Crippen MR) is 94.6 cm³/mol. The van der Waals surface area contributed by atoms with E-state index in [-0.39, 0.29) is 17.4 Å². The molecule has 0 radical (unpaired) electrons. The molecule has 1 atom stereocenters. The van der Waals surface area contributed by atoms with Gasteiger partial charge in [0.25, 0.3) is 0 Å². The van der Waals surface area contributed by atoms with Crippen molar-refractivity contribution in [1.29, 1.82) is 0 Å². The second kappa shape index (κ2) is 6.36. The van der Waals surface area contributed by atoms with Crippen LogP contribution >= 0.6 is 15.9 Å². The van der Waals surface area contributed by atoms with Gasteiger partial charge in [0, 0.05) is 0 Å². The first-order valence-electron chi connectivity index (χ1n) is 7.77. The van der Waals surface area contributed by atoms with E-state index in [1.165, 1.54) is 0 Å². The van der Waals surface area contributed by atoms with Crippen LogP contribution in [0.1, 0.15) is 36.9 Å². The van der Waals surface area contributed by atoms with E-state index in [0.29, 0.717) is 0 Å². The molecule has 1 fully saturated rings. The number of amides is 1. The zero-order valence-electron chi connectivity index (χ0n) is 13.3. The molecule has 0 aromatic heterocycles. The maximum Gasteiger partial charge on any atom is 0.231 e. The highest BCUT2D eigenvalue weighted by molar-refractivity contribution is 9.10. The van der Waals surface area contributed by atoms with E-state index in [0.717, 1.165) is 34.2 Å². The van der Waals surface area contributed by atoms with Gasteiger partial charge in [0.1, 0.15) is 5.75 Å². The van der Waals surface area contributed by atoms with E-state index in [2.05, 4.69) is 21.2 Å². The molecule has 120 valence electrons. The molecule has 4 heteroatoms. The molecule has 0 spiro atoms. The summed E-state index contributed by atoms with van der Waals surface area (Å²) in [4.78, 5) is 12.8. The Labute approximate surface area is 145 Å². The molecule has 1 unspecified atom stereocenters. The van der Waals surface area contributed by atoms with Crippen molar-refractivity contribution in [1.82, 2.24) is 5.32 Å². The predicted octanol–water partition coefficient (Wildman–Crippen LogP) is 4.37. The van der Waals surface area contributed by atoms with Gasteiger partial charge in [-0.25, -0.2) is 0 Å². The topological polar surface area (TPSA) is 38.3 Å². The third-order valence-corrected chi connectivity index (χ3v) is 5.15.